The summed E-state index contributed by atoms with van der Waals surface area (Å²) < 4.78 is 46.8. The second kappa shape index (κ2) is 13.9. The van der Waals surface area contributed by atoms with Gasteiger partial charge in [0.2, 0.25) is 0 Å². The summed E-state index contributed by atoms with van der Waals surface area (Å²) in [4.78, 5) is 0. The van der Waals surface area contributed by atoms with Crippen LogP contribution in [-0.2, 0) is 0 Å². The Morgan fingerprint density at radius 3 is 1.68 bits per heavy atom. The first-order chi connectivity index (χ1) is 13.3. The predicted molar refractivity (Wildman–Crippen MR) is 118 cm³/mol. The molecule has 0 aliphatic carbocycles. The van der Waals surface area contributed by atoms with E-state index in [4.69, 9.17) is 4.74 Å². The van der Waals surface area contributed by atoms with Crippen molar-refractivity contribution >= 4 is 31.9 Å². The standard InChI is InChI=1S/C22H33Br2F3O/c1-3-4-5-6-7-8-9-10-11-12-13-14-21(22(25,26)27)28-18-15-19(23)17(2)20(24)16-18/h15-16,21H,3-14H2,1-2H3. The maximum absolute atomic E-state index is 13.3. The molecule has 0 N–H and O–H groups in total. The van der Waals surface area contributed by atoms with Crippen molar-refractivity contribution in [2.24, 2.45) is 0 Å². The molecule has 0 saturated carbocycles. The van der Waals surface area contributed by atoms with Crippen molar-refractivity contribution in [3.05, 3.63) is 26.6 Å². The average Bonchev–Trinajstić information content (AvgIpc) is 2.62. The van der Waals surface area contributed by atoms with Gasteiger partial charge in [-0.2, -0.15) is 13.2 Å². The van der Waals surface area contributed by atoms with Gasteiger partial charge in [-0.1, -0.05) is 103 Å². The summed E-state index contributed by atoms with van der Waals surface area (Å²) in [5.74, 6) is 0.231. The first kappa shape index (κ1) is 25.8. The van der Waals surface area contributed by atoms with Gasteiger partial charge in [0.25, 0.3) is 0 Å². The van der Waals surface area contributed by atoms with Crippen LogP contribution in [0.1, 0.15) is 89.5 Å². The van der Waals surface area contributed by atoms with E-state index in [1.165, 1.54) is 44.9 Å². The molecule has 1 nitrogen and oxygen atoms in total. The topological polar surface area (TPSA) is 9.23 Å². The zero-order valence-corrected chi connectivity index (χ0v) is 20.2. The molecule has 6 heteroatoms. The maximum atomic E-state index is 13.3. The van der Waals surface area contributed by atoms with Crippen molar-refractivity contribution in [3.8, 4) is 5.75 Å². The third-order valence-electron chi connectivity index (χ3n) is 4.97. The maximum Gasteiger partial charge on any atom is 0.425 e. The second-order valence-corrected chi connectivity index (χ2v) is 9.19. The van der Waals surface area contributed by atoms with Gasteiger partial charge in [-0.3, -0.25) is 0 Å². The van der Waals surface area contributed by atoms with E-state index in [0.29, 0.717) is 6.42 Å². The van der Waals surface area contributed by atoms with Crippen LogP contribution in [0.25, 0.3) is 0 Å². The van der Waals surface area contributed by atoms with Crippen molar-refractivity contribution in [3.63, 3.8) is 0 Å². The van der Waals surface area contributed by atoms with E-state index < -0.39 is 12.3 Å². The Bertz CT molecular complexity index is 538. The summed E-state index contributed by atoms with van der Waals surface area (Å²) in [6, 6.07) is 3.19. The molecule has 1 unspecified atom stereocenters. The SMILES string of the molecule is CCCCCCCCCCCCCC(Oc1cc(Br)c(C)c(Br)c1)C(F)(F)F. The number of unbranched alkanes of at least 4 members (excludes halogenated alkanes) is 10. The molecule has 0 heterocycles. The van der Waals surface area contributed by atoms with E-state index in [1.807, 2.05) is 6.92 Å². The highest BCUT2D eigenvalue weighted by molar-refractivity contribution is 9.11. The average molecular weight is 530 g/mol. The zero-order chi connectivity index (χ0) is 21.0. The summed E-state index contributed by atoms with van der Waals surface area (Å²) in [5.41, 5.74) is 0.932. The van der Waals surface area contributed by atoms with Crippen molar-refractivity contribution < 1.29 is 17.9 Å². The number of benzene rings is 1. The molecule has 162 valence electrons. The van der Waals surface area contributed by atoms with Crippen LogP contribution in [-0.4, -0.2) is 12.3 Å². The molecular formula is C22H33Br2F3O. The van der Waals surface area contributed by atoms with Gasteiger partial charge in [-0.25, -0.2) is 0 Å². The number of hydrogen-bond acceptors (Lipinski definition) is 1. The third-order valence-corrected chi connectivity index (χ3v) is 6.62. The van der Waals surface area contributed by atoms with E-state index in [1.54, 1.807) is 12.1 Å². The summed E-state index contributed by atoms with van der Waals surface area (Å²) in [6.07, 6.45) is 6.30. The molecular weight excluding hydrogens is 497 g/mol. The molecule has 0 aliphatic heterocycles. The van der Waals surface area contributed by atoms with Gasteiger partial charge in [0, 0.05) is 8.95 Å². The molecule has 0 aliphatic rings. The lowest BCUT2D eigenvalue weighted by atomic mass is 10.0. The highest BCUT2D eigenvalue weighted by Gasteiger charge is 2.41. The van der Waals surface area contributed by atoms with Crippen molar-refractivity contribution in [1.82, 2.24) is 0 Å². The van der Waals surface area contributed by atoms with Crippen LogP contribution in [0.5, 0.6) is 5.75 Å². The van der Waals surface area contributed by atoms with Crippen LogP contribution in [0.3, 0.4) is 0 Å². The summed E-state index contributed by atoms with van der Waals surface area (Å²) in [5, 5.41) is 0. The summed E-state index contributed by atoms with van der Waals surface area (Å²) >= 11 is 6.71. The Labute approximate surface area is 185 Å². The highest BCUT2D eigenvalue weighted by atomic mass is 79.9. The quantitative estimate of drug-likeness (QED) is 0.218. The second-order valence-electron chi connectivity index (χ2n) is 7.48. The predicted octanol–water partition coefficient (Wildman–Crippen LogP) is 9.53. The fourth-order valence-electron chi connectivity index (χ4n) is 3.14. The van der Waals surface area contributed by atoms with Crippen LogP contribution in [0.4, 0.5) is 13.2 Å². The van der Waals surface area contributed by atoms with Crippen molar-refractivity contribution in [2.45, 2.75) is 103 Å². The van der Waals surface area contributed by atoms with Crippen molar-refractivity contribution in [1.29, 1.82) is 0 Å². The number of halogens is 5. The summed E-state index contributed by atoms with van der Waals surface area (Å²) in [7, 11) is 0. The smallest absolute Gasteiger partial charge is 0.425 e. The Morgan fingerprint density at radius 2 is 1.25 bits per heavy atom. The monoisotopic (exact) mass is 528 g/mol. The normalized spacial score (nSPS) is 13.0. The minimum Gasteiger partial charge on any atom is -0.481 e. The first-order valence-electron chi connectivity index (χ1n) is 10.4. The molecule has 28 heavy (non-hydrogen) atoms. The Morgan fingerprint density at radius 1 is 0.821 bits per heavy atom. The lowest BCUT2D eigenvalue weighted by Crippen LogP contribution is -2.34. The van der Waals surface area contributed by atoms with Crippen LogP contribution in [0.15, 0.2) is 21.1 Å². The van der Waals surface area contributed by atoms with Gasteiger partial charge in [0.15, 0.2) is 6.10 Å². The van der Waals surface area contributed by atoms with Crippen molar-refractivity contribution in [2.75, 3.05) is 0 Å². The van der Waals surface area contributed by atoms with Gasteiger partial charge in [0.05, 0.1) is 0 Å². The molecule has 1 rings (SSSR count). The van der Waals surface area contributed by atoms with Gasteiger partial charge in [-0.05, 0) is 37.5 Å². The third kappa shape index (κ3) is 10.5. The molecule has 0 radical (unpaired) electrons. The molecule has 0 spiro atoms. The zero-order valence-electron chi connectivity index (χ0n) is 17.0. The molecule has 0 saturated heterocycles. The van der Waals surface area contributed by atoms with Gasteiger partial charge in [-0.15, -0.1) is 0 Å². The number of rotatable bonds is 14. The molecule has 0 amide bonds. The van der Waals surface area contributed by atoms with E-state index in [2.05, 4.69) is 38.8 Å². The number of alkyl halides is 3. The van der Waals surface area contributed by atoms with Crippen LogP contribution >= 0.6 is 31.9 Å². The van der Waals surface area contributed by atoms with Gasteiger partial charge >= 0.3 is 6.18 Å². The highest BCUT2D eigenvalue weighted by Crippen LogP contribution is 2.34. The lowest BCUT2D eigenvalue weighted by molar-refractivity contribution is -0.197. The number of hydrogen-bond donors (Lipinski definition) is 0. The molecule has 1 aromatic carbocycles. The minimum absolute atomic E-state index is 0.00360. The molecule has 0 aromatic heterocycles. The van der Waals surface area contributed by atoms with E-state index in [-0.39, 0.29) is 12.2 Å². The van der Waals surface area contributed by atoms with E-state index in [9.17, 15) is 13.2 Å². The van der Waals surface area contributed by atoms with E-state index >= 15 is 0 Å². The first-order valence-corrected chi connectivity index (χ1v) is 12.0. The molecule has 1 aromatic rings. The minimum atomic E-state index is -4.36. The van der Waals surface area contributed by atoms with Crippen LogP contribution in [0, 0.1) is 6.92 Å². The largest absolute Gasteiger partial charge is 0.481 e. The van der Waals surface area contributed by atoms with Gasteiger partial charge in [0.1, 0.15) is 5.75 Å². The Balaban J connectivity index is 2.30. The van der Waals surface area contributed by atoms with Crippen LogP contribution in [0.2, 0.25) is 0 Å². The molecule has 1 atom stereocenters. The Kier molecular flexibility index (Phi) is 12.8. The molecule has 0 bridgehead atoms. The lowest BCUT2D eigenvalue weighted by Gasteiger charge is -2.22. The Hall–Kier alpha value is -0.230. The molecule has 0 fully saturated rings. The van der Waals surface area contributed by atoms with E-state index in [0.717, 1.165) is 33.8 Å². The fourth-order valence-corrected chi connectivity index (χ4v) is 4.28. The number of ether oxygens (including phenoxy) is 1. The summed E-state index contributed by atoms with van der Waals surface area (Å²) in [6.45, 7) is 4.09. The van der Waals surface area contributed by atoms with Crippen LogP contribution < -0.4 is 4.74 Å². The fraction of sp³-hybridized carbons (Fsp3) is 0.727. The van der Waals surface area contributed by atoms with Gasteiger partial charge < -0.3 is 4.74 Å².